The Morgan fingerprint density at radius 3 is 2.36 bits per heavy atom. The van der Waals surface area contributed by atoms with Crippen molar-refractivity contribution >= 4 is 32.6 Å². The third kappa shape index (κ3) is 3.27. The summed E-state index contributed by atoms with van der Waals surface area (Å²) in [4.78, 5) is 16.5. The highest BCUT2D eigenvalue weighted by Gasteiger charge is 2.29. The Hall–Kier alpha value is -3.13. The summed E-state index contributed by atoms with van der Waals surface area (Å²) in [6.45, 7) is 1.78. The number of ether oxygens (including phenoxy) is 1. The normalized spacial score (nSPS) is 11.4. The molecule has 28 heavy (non-hydrogen) atoms. The van der Waals surface area contributed by atoms with E-state index in [1.54, 1.807) is 43.3 Å². The number of aromatic carboxylic acids is 1. The van der Waals surface area contributed by atoms with Crippen LogP contribution in [0.15, 0.2) is 53.4 Å². The minimum Gasteiger partial charge on any atom is -0.497 e. The van der Waals surface area contributed by atoms with Crippen LogP contribution in [0, 0.1) is 0 Å². The van der Waals surface area contributed by atoms with E-state index in [2.05, 4.69) is 4.98 Å². The van der Waals surface area contributed by atoms with Crippen LogP contribution in [-0.4, -0.2) is 38.6 Å². The molecular weight excluding hydrogens is 380 g/mol. The Kier molecular flexibility index (Phi) is 5.24. The Balaban J connectivity index is 2.28. The summed E-state index contributed by atoms with van der Waals surface area (Å²) >= 11 is 0. The van der Waals surface area contributed by atoms with Gasteiger partial charge in [0.15, 0.2) is 0 Å². The van der Waals surface area contributed by atoms with E-state index in [0.717, 1.165) is 4.31 Å². The van der Waals surface area contributed by atoms with E-state index in [9.17, 15) is 18.3 Å². The predicted octanol–water partition coefficient (Wildman–Crippen LogP) is 3.33. The SMILES string of the molecule is CCc1nc2ccccc2c(N(C)S(=O)(=O)c2ccc(OC)cc2)c1C(=O)O. The molecule has 0 aliphatic carbocycles. The van der Waals surface area contributed by atoms with Crippen LogP contribution in [0.5, 0.6) is 5.75 Å². The standard InChI is InChI=1S/C20H20N2O5S/c1-4-16-18(20(23)24)19(15-7-5-6-8-17(15)21-16)22(2)28(25,26)14-11-9-13(27-3)10-12-14/h5-12H,4H2,1-3H3,(H,23,24). The topological polar surface area (TPSA) is 96.8 Å². The average Bonchev–Trinajstić information content (AvgIpc) is 2.71. The first kappa shape index (κ1) is 19.6. The van der Waals surface area contributed by atoms with Gasteiger partial charge in [0.25, 0.3) is 10.0 Å². The van der Waals surface area contributed by atoms with E-state index >= 15 is 0 Å². The van der Waals surface area contributed by atoms with Gasteiger partial charge >= 0.3 is 5.97 Å². The van der Waals surface area contributed by atoms with Gasteiger partial charge in [-0.25, -0.2) is 13.2 Å². The predicted molar refractivity (Wildman–Crippen MR) is 107 cm³/mol. The number of hydrogen-bond acceptors (Lipinski definition) is 5. The minimum atomic E-state index is -4.00. The lowest BCUT2D eigenvalue weighted by Crippen LogP contribution is -2.29. The summed E-state index contributed by atoms with van der Waals surface area (Å²) < 4.78 is 32.5. The van der Waals surface area contributed by atoms with Gasteiger partial charge in [0.05, 0.1) is 28.9 Å². The molecule has 1 heterocycles. The van der Waals surface area contributed by atoms with Crippen molar-refractivity contribution in [3.63, 3.8) is 0 Å². The van der Waals surface area contributed by atoms with Crippen LogP contribution in [-0.2, 0) is 16.4 Å². The van der Waals surface area contributed by atoms with Crippen LogP contribution in [0.3, 0.4) is 0 Å². The minimum absolute atomic E-state index is 0.0334. The van der Waals surface area contributed by atoms with Gasteiger partial charge in [-0.15, -0.1) is 0 Å². The molecule has 0 fully saturated rings. The number of benzene rings is 2. The quantitative estimate of drug-likeness (QED) is 0.682. The fourth-order valence-corrected chi connectivity index (χ4v) is 4.30. The molecular formula is C20H20N2O5S. The molecule has 8 heteroatoms. The number of rotatable bonds is 6. The lowest BCUT2D eigenvalue weighted by atomic mass is 10.0. The summed E-state index contributed by atoms with van der Waals surface area (Å²) in [5, 5.41) is 10.3. The third-order valence-corrected chi connectivity index (χ3v) is 6.29. The first-order valence-corrected chi connectivity index (χ1v) is 10.0. The summed E-state index contributed by atoms with van der Waals surface area (Å²) in [5.74, 6) is -0.697. The molecule has 0 bridgehead atoms. The van der Waals surface area contributed by atoms with Crippen LogP contribution >= 0.6 is 0 Å². The summed E-state index contributed by atoms with van der Waals surface area (Å²) in [6, 6.07) is 12.8. The van der Waals surface area contributed by atoms with Crippen molar-refractivity contribution in [2.75, 3.05) is 18.5 Å². The Morgan fingerprint density at radius 1 is 1.14 bits per heavy atom. The molecule has 0 radical (unpaired) electrons. The van der Waals surface area contributed by atoms with Gasteiger partial charge in [0.1, 0.15) is 11.3 Å². The molecule has 0 amide bonds. The van der Waals surface area contributed by atoms with E-state index in [0.29, 0.717) is 28.8 Å². The first-order chi connectivity index (χ1) is 13.3. The number of pyridine rings is 1. The maximum absolute atomic E-state index is 13.2. The Bertz CT molecular complexity index is 1140. The number of fused-ring (bicyclic) bond motifs is 1. The average molecular weight is 400 g/mol. The second-order valence-electron chi connectivity index (χ2n) is 6.11. The van der Waals surface area contributed by atoms with E-state index < -0.39 is 16.0 Å². The number of nitrogens with zero attached hydrogens (tertiary/aromatic N) is 2. The van der Waals surface area contributed by atoms with Crippen molar-refractivity contribution in [1.29, 1.82) is 0 Å². The zero-order valence-corrected chi connectivity index (χ0v) is 16.5. The third-order valence-electron chi connectivity index (χ3n) is 4.52. The maximum atomic E-state index is 13.2. The van der Waals surface area contributed by atoms with Crippen molar-refractivity contribution in [3.8, 4) is 5.75 Å². The highest BCUT2D eigenvalue weighted by Crippen LogP contribution is 2.35. The summed E-state index contributed by atoms with van der Waals surface area (Å²) in [6.07, 6.45) is 0.357. The number of carboxylic acids is 1. The van der Waals surface area contributed by atoms with E-state index in [4.69, 9.17) is 4.74 Å². The summed E-state index contributed by atoms with van der Waals surface area (Å²) in [5.41, 5.74) is 0.862. The Morgan fingerprint density at radius 2 is 1.79 bits per heavy atom. The van der Waals surface area contributed by atoms with Gasteiger partial charge in [-0.3, -0.25) is 9.29 Å². The van der Waals surface area contributed by atoms with E-state index in [-0.39, 0.29) is 16.1 Å². The molecule has 7 nitrogen and oxygen atoms in total. The van der Waals surface area contributed by atoms with E-state index in [1.165, 1.54) is 26.3 Å². The van der Waals surface area contributed by atoms with Gasteiger partial charge in [-0.1, -0.05) is 25.1 Å². The molecule has 0 atom stereocenters. The lowest BCUT2D eigenvalue weighted by molar-refractivity contribution is 0.0696. The molecule has 3 aromatic rings. The van der Waals surface area contributed by atoms with Crippen molar-refractivity contribution in [2.45, 2.75) is 18.2 Å². The van der Waals surface area contributed by atoms with Crippen LogP contribution < -0.4 is 9.04 Å². The van der Waals surface area contributed by atoms with Crippen LogP contribution in [0.1, 0.15) is 23.0 Å². The first-order valence-electron chi connectivity index (χ1n) is 8.59. The molecule has 1 aromatic heterocycles. The zero-order chi connectivity index (χ0) is 20.5. The molecule has 0 saturated carbocycles. The molecule has 0 unspecified atom stereocenters. The maximum Gasteiger partial charge on any atom is 0.339 e. The number of methoxy groups -OCH3 is 1. The smallest absolute Gasteiger partial charge is 0.339 e. The van der Waals surface area contributed by atoms with Gasteiger partial charge in [0.2, 0.25) is 0 Å². The van der Waals surface area contributed by atoms with Gasteiger partial charge < -0.3 is 9.84 Å². The van der Waals surface area contributed by atoms with Gasteiger partial charge in [0, 0.05) is 12.4 Å². The number of aryl methyl sites for hydroxylation is 1. The number of sulfonamides is 1. The van der Waals surface area contributed by atoms with Gasteiger partial charge in [-0.05, 0) is 36.8 Å². The van der Waals surface area contributed by atoms with Crippen molar-refractivity contribution in [1.82, 2.24) is 4.98 Å². The number of carbonyl (C=O) groups is 1. The number of anilines is 1. The number of hydrogen-bond donors (Lipinski definition) is 1. The molecule has 1 N–H and O–H groups in total. The monoisotopic (exact) mass is 400 g/mol. The number of carboxylic acid groups (broad SMARTS) is 1. The Labute approximate surface area is 163 Å². The molecule has 0 saturated heterocycles. The highest BCUT2D eigenvalue weighted by atomic mass is 32.2. The van der Waals surface area contributed by atoms with Crippen molar-refractivity contribution in [3.05, 3.63) is 59.8 Å². The molecule has 2 aromatic carbocycles. The lowest BCUT2D eigenvalue weighted by Gasteiger charge is -2.24. The van der Waals surface area contributed by atoms with Gasteiger partial charge in [-0.2, -0.15) is 0 Å². The van der Waals surface area contributed by atoms with E-state index in [1.807, 2.05) is 0 Å². The largest absolute Gasteiger partial charge is 0.497 e. The molecule has 146 valence electrons. The second kappa shape index (κ2) is 7.47. The fourth-order valence-electron chi connectivity index (χ4n) is 3.08. The molecule has 0 aliphatic rings. The second-order valence-corrected chi connectivity index (χ2v) is 8.08. The van der Waals surface area contributed by atoms with Crippen LogP contribution in [0.25, 0.3) is 10.9 Å². The molecule has 0 spiro atoms. The zero-order valence-electron chi connectivity index (χ0n) is 15.7. The number of aromatic nitrogens is 1. The van der Waals surface area contributed by atoms with Crippen LogP contribution in [0.4, 0.5) is 5.69 Å². The molecule has 0 aliphatic heterocycles. The van der Waals surface area contributed by atoms with Crippen LogP contribution in [0.2, 0.25) is 0 Å². The number of para-hydroxylation sites is 1. The molecule has 3 rings (SSSR count). The highest BCUT2D eigenvalue weighted by molar-refractivity contribution is 7.92. The fraction of sp³-hybridized carbons (Fsp3) is 0.200. The van der Waals surface area contributed by atoms with Crippen molar-refractivity contribution in [2.24, 2.45) is 0 Å². The van der Waals surface area contributed by atoms with Crippen molar-refractivity contribution < 1.29 is 23.1 Å². The summed E-state index contributed by atoms with van der Waals surface area (Å²) in [7, 11) is -1.16.